The Morgan fingerprint density at radius 1 is 0.525 bits per heavy atom. The number of phosphoric acid groups is 1. The highest BCUT2D eigenvalue weighted by molar-refractivity contribution is 7.47. The predicted octanol–water partition coefficient (Wildman–Crippen LogP) is 14.3. The first-order chi connectivity index (χ1) is 28.5. The molecule has 59 heavy (non-hydrogen) atoms. The van der Waals surface area contributed by atoms with Crippen LogP contribution in [-0.2, 0) is 32.7 Å². The fourth-order valence-electron chi connectivity index (χ4n) is 6.88. The number of likely N-dealkylation sites (N-methyl/N-ethyl adjacent to an activating group) is 1. The maximum atomic E-state index is 12.7. The molecule has 0 aromatic heterocycles. The highest BCUT2D eigenvalue weighted by Gasteiger charge is 2.27. The summed E-state index contributed by atoms with van der Waals surface area (Å²) in [5.41, 5.74) is 0. The second kappa shape index (κ2) is 41.8. The van der Waals surface area contributed by atoms with Crippen molar-refractivity contribution >= 4 is 19.8 Å². The first kappa shape index (κ1) is 57.5. The van der Waals surface area contributed by atoms with Crippen LogP contribution in [-0.4, -0.2) is 74.9 Å². The number of carbonyl (C=O) groups is 2. The third kappa shape index (κ3) is 45.8. The number of carbonyl (C=O) groups excluding carboxylic acids is 2. The molecule has 0 aromatic carbocycles. The number of hydrogen-bond donors (Lipinski definition) is 1. The van der Waals surface area contributed by atoms with Crippen LogP contribution in [0.15, 0.2) is 24.3 Å². The molecule has 0 spiro atoms. The Hall–Kier alpha value is -1.51. The van der Waals surface area contributed by atoms with Gasteiger partial charge in [0.2, 0.25) is 0 Å². The van der Waals surface area contributed by atoms with E-state index in [-0.39, 0.29) is 25.6 Å². The predicted molar refractivity (Wildman–Crippen MR) is 247 cm³/mol. The fourth-order valence-corrected chi connectivity index (χ4v) is 7.62. The third-order valence-corrected chi connectivity index (χ3v) is 11.7. The van der Waals surface area contributed by atoms with Crippen LogP contribution in [0.25, 0.3) is 0 Å². The number of quaternary nitrogens is 1. The van der Waals surface area contributed by atoms with E-state index < -0.39 is 26.5 Å². The summed E-state index contributed by atoms with van der Waals surface area (Å²) in [6.45, 7) is 4.37. The molecule has 0 rings (SSSR count). The molecule has 0 aliphatic rings. The van der Waals surface area contributed by atoms with E-state index in [1.165, 1.54) is 128 Å². The van der Waals surface area contributed by atoms with Gasteiger partial charge in [0.15, 0.2) is 6.10 Å². The van der Waals surface area contributed by atoms with Crippen LogP contribution < -0.4 is 0 Å². The van der Waals surface area contributed by atoms with E-state index in [0.717, 1.165) is 64.2 Å². The lowest BCUT2D eigenvalue weighted by Gasteiger charge is -2.24. The summed E-state index contributed by atoms with van der Waals surface area (Å²) in [5.74, 6) is -0.805. The van der Waals surface area contributed by atoms with Crippen LogP contribution in [0.2, 0.25) is 0 Å². The van der Waals surface area contributed by atoms with Crippen molar-refractivity contribution in [2.75, 3.05) is 47.5 Å². The van der Waals surface area contributed by atoms with Crippen molar-refractivity contribution in [3.63, 3.8) is 0 Å². The largest absolute Gasteiger partial charge is 0.472 e. The zero-order chi connectivity index (χ0) is 43.6. The molecule has 9 nitrogen and oxygen atoms in total. The summed E-state index contributed by atoms with van der Waals surface area (Å²) in [5, 5.41) is 0. The van der Waals surface area contributed by atoms with Gasteiger partial charge in [-0.2, -0.15) is 0 Å². The molecule has 0 bridgehead atoms. The number of phosphoric ester groups is 1. The topological polar surface area (TPSA) is 108 Å². The van der Waals surface area contributed by atoms with E-state index in [0.29, 0.717) is 23.9 Å². The number of unbranched alkanes of at least 4 members (excludes halogenated alkanes) is 27. The van der Waals surface area contributed by atoms with Gasteiger partial charge < -0.3 is 18.9 Å². The van der Waals surface area contributed by atoms with Crippen LogP contribution >= 0.6 is 7.82 Å². The molecular formula is C49H95NO8P+. The highest BCUT2D eigenvalue weighted by atomic mass is 31.2. The minimum Gasteiger partial charge on any atom is -0.462 e. The van der Waals surface area contributed by atoms with Gasteiger partial charge >= 0.3 is 19.8 Å². The second-order valence-electron chi connectivity index (χ2n) is 17.9. The minimum atomic E-state index is -4.38. The summed E-state index contributed by atoms with van der Waals surface area (Å²) in [6, 6.07) is 0. The molecule has 0 saturated heterocycles. The molecule has 0 fully saturated rings. The SMILES string of the molecule is CCC/C=C\C/C=C\CCCCCCCC(=O)OC(COC(=O)CCCCCCCCCCCCCCCCCCCCCCCC)COP(=O)(O)OCC[N+](C)(C)C. The Balaban J connectivity index is 4.19. The van der Waals surface area contributed by atoms with Gasteiger partial charge in [-0.3, -0.25) is 18.6 Å². The number of nitrogens with zero attached hydrogens (tertiary/aromatic N) is 1. The molecule has 348 valence electrons. The molecule has 1 N–H and O–H groups in total. The molecule has 0 aliphatic heterocycles. The van der Waals surface area contributed by atoms with Crippen LogP contribution in [0.1, 0.15) is 226 Å². The summed E-state index contributed by atoms with van der Waals surface area (Å²) in [7, 11) is 1.47. The average molecular weight is 857 g/mol. The average Bonchev–Trinajstić information content (AvgIpc) is 3.19. The van der Waals surface area contributed by atoms with E-state index in [2.05, 4.69) is 38.2 Å². The number of rotatable bonds is 45. The van der Waals surface area contributed by atoms with Crippen LogP contribution in [0.5, 0.6) is 0 Å². The van der Waals surface area contributed by atoms with Gasteiger partial charge in [-0.05, 0) is 38.5 Å². The van der Waals surface area contributed by atoms with E-state index in [4.69, 9.17) is 18.5 Å². The molecule has 0 saturated carbocycles. The Morgan fingerprint density at radius 2 is 0.949 bits per heavy atom. The quantitative estimate of drug-likeness (QED) is 0.0212. The van der Waals surface area contributed by atoms with E-state index >= 15 is 0 Å². The Labute approximate surface area is 364 Å². The van der Waals surface area contributed by atoms with Crippen LogP contribution in [0.3, 0.4) is 0 Å². The van der Waals surface area contributed by atoms with Crippen LogP contribution in [0, 0.1) is 0 Å². The number of esters is 2. The van der Waals surface area contributed by atoms with Crippen molar-refractivity contribution in [2.24, 2.45) is 0 Å². The number of allylic oxidation sites excluding steroid dienone is 4. The number of ether oxygens (including phenoxy) is 2. The van der Waals surface area contributed by atoms with Gasteiger partial charge in [-0.1, -0.05) is 199 Å². The summed E-state index contributed by atoms with van der Waals surface area (Å²) < 4.78 is 34.4. The van der Waals surface area contributed by atoms with Gasteiger partial charge in [-0.15, -0.1) is 0 Å². The zero-order valence-corrected chi connectivity index (χ0v) is 40.1. The summed E-state index contributed by atoms with van der Waals surface area (Å²) in [4.78, 5) is 35.4. The Kier molecular flexibility index (Phi) is 40.8. The molecular weight excluding hydrogens is 762 g/mol. The second-order valence-corrected chi connectivity index (χ2v) is 19.3. The van der Waals surface area contributed by atoms with Gasteiger partial charge in [0.25, 0.3) is 0 Å². The van der Waals surface area contributed by atoms with Crippen molar-refractivity contribution in [1.82, 2.24) is 0 Å². The molecule has 0 aromatic rings. The summed E-state index contributed by atoms with van der Waals surface area (Å²) in [6.07, 6.45) is 46.6. The molecule has 2 unspecified atom stereocenters. The highest BCUT2D eigenvalue weighted by Crippen LogP contribution is 2.43. The van der Waals surface area contributed by atoms with Gasteiger partial charge in [0.1, 0.15) is 19.8 Å². The maximum absolute atomic E-state index is 12.7. The van der Waals surface area contributed by atoms with Gasteiger partial charge in [0, 0.05) is 12.8 Å². The lowest BCUT2D eigenvalue weighted by atomic mass is 10.0. The molecule has 0 aliphatic carbocycles. The van der Waals surface area contributed by atoms with Crippen LogP contribution in [0.4, 0.5) is 0 Å². The maximum Gasteiger partial charge on any atom is 0.472 e. The molecule has 0 radical (unpaired) electrons. The van der Waals surface area contributed by atoms with Crippen molar-refractivity contribution in [3.8, 4) is 0 Å². The lowest BCUT2D eigenvalue weighted by molar-refractivity contribution is -0.870. The van der Waals surface area contributed by atoms with Gasteiger partial charge in [0.05, 0.1) is 27.7 Å². The van der Waals surface area contributed by atoms with E-state index in [1.807, 2.05) is 21.1 Å². The summed E-state index contributed by atoms with van der Waals surface area (Å²) >= 11 is 0. The first-order valence-corrected chi connectivity index (χ1v) is 26.1. The van der Waals surface area contributed by atoms with E-state index in [1.54, 1.807) is 0 Å². The van der Waals surface area contributed by atoms with Crippen molar-refractivity contribution in [2.45, 2.75) is 232 Å². The molecule has 0 amide bonds. The normalized spacial score (nSPS) is 13.7. The molecule has 0 heterocycles. The third-order valence-electron chi connectivity index (χ3n) is 10.7. The first-order valence-electron chi connectivity index (χ1n) is 24.6. The number of hydrogen-bond acceptors (Lipinski definition) is 7. The molecule has 10 heteroatoms. The molecule has 2 atom stereocenters. The monoisotopic (exact) mass is 857 g/mol. The standard InChI is InChI=1S/C49H94NO8P/c1-6-8-10-12-14-16-18-20-21-22-23-24-25-26-27-28-30-31-33-35-37-39-41-48(51)55-45-47(46-57-59(53,54)56-44-43-50(3,4)5)58-49(52)42-40-38-36-34-32-29-19-17-15-13-11-9-7-2/h11,13,17,19,47H,6-10,12,14-16,18,20-46H2,1-5H3/p+1/b13-11-,19-17-. The smallest absolute Gasteiger partial charge is 0.462 e. The Bertz CT molecular complexity index is 1060. The van der Waals surface area contributed by atoms with Gasteiger partial charge in [-0.25, -0.2) is 4.57 Å². The lowest BCUT2D eigenvalue weighted by Crippen LogP contribution is -2.37. The van der Waals surface area contributed by atoms with Crippen molar-refractivity contribution in [1.29, 1.82) is 0 Å². The zero-order valence-electron chi connectivity index (χ0n) is 39.2. The van der Waals surface area contributed by atoms with Crippen molar-refractivity contribution < 1.29 is 42.1 Å². The fraction of sp³-hybridized carbons (Fsp3) is 0.878. The minimum absolute atomic E-state index is 0.0307. The Morgan fingerprint density at radius 3 is 1.41 bits per heavy atom. The van der Waals surface area contributed by atoms with E-state index in [9.17, 15) is 19.0 Å². The van der Waals surface area contributed by atoms with Crippen molar-refractivity contribution in [3.05, 3.63) is 24.3 Å².